The van der Waals surface area contributed by atoms with Gasteiger partial charge in [0.25, 0.3) is 0 Å². The molecule has 2 rings (SSSR count). The van der Waals surface area contributed by atoms with Crippen molar-refractivity contribution in [2.24, 2.45) is 0 Å². The number of aromatic nitrogens is 1. The monoisotopic (exact) mass is 221 g/mol. The van der Waals surface area contributed by atoms with Crippen molar-refractivity contribution in [2.75, 3.05) is 0 Å². The highest BCUT2D eigenvalue weighted by molar-refractivity contribution is 7.09. The Bertz CT molecular complexity index is 527. The number of aromatic amines is 1. The summed E-state index contributed by atoms with van der Waals surface area (Å²) in [6.07, 6.45) is 0.785. The van der Waals surface area contributed by atoms with Gasteiger partial charge in [-0.05, 0) is 18.6 Å². The summed E-state index contributed by atoms with van der Waals surface area (Å²) in [5.41, 5.74) is 1.43. The zero-order chi connectivity index (χ0) is 10.8. The Morgan fingerprint density at radius 3 is 2.80 bits per heavy atom. The summed E-state index contributed by atoms with van der Waals surface area (Å²) in [6, 6.07) is 7.01. The summed E-state index contributed by atoms with van der Waals surface area (Å²) in [6.45, 7) is 1.99. The number of H-pyrrole nitrogens is 1. The number of para-hydroxylation sites is 1. The molecule has 4 heteroatoms. The highest BCUT2D eigenvalue weighted by Crippen LogP contribution is 2.30. The molecule has 2 N–H and O–H groups in total. The quantitative estimate of drug-likeness (QED) is 0.818. The van der Waals surface area contributed by atoms with E-state index in [0.717, 1.165) is 17.0 Å². The lowest BCUT2D eigenvalue weighted by atomic mass is 10.1. The molecule has 3 nitrogen and oxygen atoms in total. The molecule has 0 unspecified atom stereocenters. The number of nitrogens with one attached hydrogen (secondary N) is 1. The number of rotatable bonds is 2. The zero-order valence-corrected chi connectivity index (χ0v) is 9.10. The van der Waals surface area contributed by atoms with Crippen LogP contribution in [0.1, 0.15) is 11.8 Å². The van der Waals surface area contributed by atoms with Crippen molar-refractivity contribution in [2.45, 2.75) is 13.3 Å². The second-order valence-corrected chi connectivity index (χ2v) is 4.25. The highest BCUT2D eigenvalue weighted by Gasteiger charge is 2.11. The van der Waals surface area contributed by atoms with E-state index in [1.165, 1.54) is 11.3 Å². The van der Waals surface area contributed by atoms with Gasteiger partial charge in [-0.2, -0.15) is 0 Å². The summed E-state index contributed by atoms with van der Waals surface area (Å²) in [4.78, 5) is 14.9. The first kappa shape index (κ1) is 9.98. The molecule has 0 aliphatic rings. The molecule has 1 heterocycles. The molecular weight excluding hydrogens is 210 g/mol. The number of aromatic hydroxyl groups is 1. The molecule has 78 valence electrons. The first-order valence-corrected chi connectivity index (χ1v) is 5.54. The number of phenols is 1. The van der Waals surface area contributed by atoms with Gasteiger partial charge in [-0.15, -0.1) is 0 Å². The van der Waals surface area contributed by atoms with Gasteiger partial charge in [0.2, 0.25) is 0 Å². The van der Waals surface area contributed by atoms with Crippen LogP contribution < -0.4 is 4.87 Å². The molecule has 0 atom stereocenters. The number of phenolic OH excluding ortho intramolecular Hbond substituents is 1. The van der Waals surface area contributed by atoms with Gasteiger partial charge in [0.1, 0.15) is 5.75 Å². The molecule has 0 amide bonds. The van der Waals surface area contributed by atoms with Gasteiger partial charge in [-0.3, -0.25) is 4.79 Å². The van der Waals surface area contributed by atoms with E-state index in [0.29, 0.717) is 5.56 Å². The third-order valence-corrected chi connectivity index (χ3v) is 3.24. The van der Waals surface area contributed by atoms with Crippen LogP contribution in [0.25, 0.3) is 11.3 Å². The number of thiazole rings is 1. The molecule has 0 spiro atoms. The first-order chi connectivity index (χ1) is 7.22. The molecule has 0 fully saturated rings. The van der Waals surface area contributed by atoms with Gasteiger partial charge in [-0.25, -0.2) is 0 Å². The molecular formula is C11H11NO2S. The van der Waals surface area contributed by atoms with Crippen molar-refractivity contribution in [3.63, 3.8) is 0 Å². The lowest BCUT2D eigenvalue weighted by Gasteiger charge is -2.03. The molecule has 0 aliphatic carbocycles. The topological polar surface area (TPSA) is 53.1 Å². The minimum atomic E-state index is -0.0786. The number of aryl methyl sites for hydroxylation is 1. The Morgan fingerprint density at radius 1 is 1.40 bits per heavy atom. The van der Waals surface area contributed by atoms with E-state index in [1.54, 1.807) is 18.2 Å². The van der Waals surface area contributed by atoms with E-state index in [4.69, 9.17) is 0 Å². The second-order valence-electron chi connectivity index (χ2n) is 3.18. The van der Waals surface area contributed by atoms with E-state index in [-0.39, 0.29) is 10.6 Å². The number of hydrogen-bond donors (Lipinski definition) is 2. The van der Waals surface area contributed by atoms with Crippen LogP contribution in [0.2, 0.25) is 0 Å². The Balaban J connectivity index is 2.63. The molecule has 0 saturated carbocycles. The van der Waals surface area contributed by atoms with Gasteiger partial charge in [0.05, 0.1) is 5.69 Å². The van der Waals surface area contributed by atoms with Crippen molar-refractivity contribution >= 4 is 11.3 Å². The normalized spacial score (nSPS) is 10.5. The van der Waals surface area contributed by atoms with Gasteiger partial charge >= 0.3 is 4.87 Å². The highest BCUT2D eigenvalue weighted by atomic mass is 32.1. The standard InChI is InChI=1S/C11H11NO2S/c1-2-9-10(12-11(14)15-9)7-5-3-4-6-8(7)13/h3-6,13H,2H2,1H3,(H,12,14). The molecule has 15 heavy (non-hydrogen) atoms. The summed E-state index contributed by atoms with van der Waals surface area (Å²) in [5, 5.41) is 9.68. The number of hydrogen-bond acceptors (Lipinski definition) is 3. The smallest absolute Gasteiger partial charge is 0.305 e. The van der Waals surface area contributed by atoms with E-state index < -0.39 is 0 Å². The van der Waals surface area contributed by atoms with Gasteiger partial charge in [-0.1, -0.05) is 30.4 Å². The van der Waals surface area contributed by atoms with Crippen molar-refractivity contribution in [1.82, 2.24) is 4.98 Å². The average molecular weight is 221 g/mol. The maximum Gasteiger partial charge on any atom is 0.305 e. The van der Waals surface area contributed by atoms with E-state index >= 15 is 0 Å². The Kier molecular flexibility index (Phi) is 2.60. The van der Waals surface area contributed by atoms with Crippen LogP contribution >= 0.6 is 11.3 Å². The predicted octanol–water partition coefficient (Wildman–Crippen LogP) is 2.37. The Labute approximate surface area is 91.0 Å². The van der Waals surface area contributed by atoms with Crippen LogP contribution in [-0.2, 0) is 6.42 Å². The molecule has 2 aromatic rings. The molecule has 0 bridgehead atoms. The van der Waals surface area contributed by atoms with E-state index in [2.05, 4.69) is 4.98 Å². The maximum absolute atomic E-state index is 11.2. The third kappa shape index (κ3) is 1.80. The second kappa shape index (κ2) is 3.90. The third-order valence-electron chi connectivity index (χ3n) is 2.22. The van der Waals surface area contributed by atoms with Crippen LogP contribution in [0.3, 0.4) is 0 Å². The van der Waals surface area contributed by atoms with Gasteiger partial charge in [0.15, 0.2) is 0 Å². The fraction of sp³-hybridized carbons (Fsp3) is 0.182. The predicted molar refractivity (Wildman–Crippen MR) is 61.4 cm³/mol. The largest absolute Gasteiger partial charge is 0.507 e. The number of benzene rings is 1. The van der Waals surface area contributed by atoms with E-state index in [1.807, 2.05) is 13.0 Å². The summed E-state index contributed by atoms with van der Waals surface area (Å²) in [7, 11) is 0. The molecule has 0 saturated heterocycles. The first-order valence-electron chi connectivity index (χ1n) is 4.72. The molecule has 0 aliphatic heterocycles. The minimum Gasteiger partial charge on any atom is -0.507 e. The molecule has 1 aromatic carbocycles. The zero-order valence-electron chi connectivity index (χ0n) is 8.28. The summed E-state index contributed by atoms with van der Waals surface area (Å²) >= 11 is 1.20. The van der Waals surface area contributed by atoms with Crippen molar-refractivity contribution in [3.05, 3.63) is 38.8 Å². The lowest BCUT2D eigenvalue weighted by Crippen LogP contribution is -1.92. The van der Waals surface area contributed by atoms with E-state index in [9.17, 15) is 9.90 Å². The fourth-order valence-electron chi connectivity index (χ4n) is 1.51. The van der Waals surface area contributed by atoms with Gasteiger partial charge < -0.3 is 10.1 Å². The van der Waals surface area contributed by atoms with Crippen LogP contribution in [-0.4, -0.2) is 10.1 Å². The van der Waals surface area contributed by atoms with Crippen molar-refractivity contribution in [1.29, 1.82) is 0 Å². The SMILES string of the molecule is CCc1sc(=O)[nH]c1-c1ccccc1O. The molecule has 0 radical (unpaired) electrons. The summed E-state index contributed by atoms with van der Waals surface area (Å²) in [5.74, 6) is 0.196. The van der Waals surface area contributed by atoms with Crippen molar-refractivity contribution in [3.8, 4) is 17.0 Å². The lowest BCUT2D eigenvalue weighted by molar-refractivity contribution is 0.477. The minimum absolute atomic E-state index is 0.0786. The molecule has 1 aromatic heterocycles. The summed E-state index contributed by atoms with van der Waals surface area (Å²) < 4.78 is 0. The maximum atomic E-state index is 11.2. The Morgan fingerprint density at radius 2 is 2.13 bits per heavy atom. The van der Waals surface area contributed by atoms with Crippen LogP contribution in [0.15, 0.2) is 29.1 Å². The average Bonchev–Trinajstić information content (AvgIpc) is 2.60. The van der Waals surface area contributed by atoms with Crippen LogP contribution in [0.5, 0.6) is 5.75 Å². The fourth-order valence-corrected chi connectivity index (χ4v) is 2.30. The Hall–Kier alpha value is -1.55. The van der Waals surface area contributed by atoms with Crippen molar-refractivity contribution < 1.29 is 5.11 Å². The van der Waals surface area contributed by atoms with Crippen LogP contribution in [0.4, 0.5) is 0 Å². The van der Waals surface area contributed by atoms with Gasteiger partial charge in [0, 0.05) is 10.4 Å². The van der Waals surface area contributed by atoms with Crippen LogP contribution in [0, 0.1) is 0 Å².